The van der Waals surface area contributed by atoms with E-state index in [9.17, 15) is 9.59 Å². The number of esters is 1. The number of carbonyl (C=O) groups excluding carboxylic acids is 2. The molecule has 0 fully saturated rings. The van der Waals surface area contributed by atoms with Gasteiger partial charge in [0.2, 0.25) is 0 Å². The second-order valence-electron chi connectivity index (χ2n) is 4.30. The maximum absolute atomic E-state index is 11.6. The molecule has 1 aromatic rings. The summed E-state index contributed by atoms with van der Waals surface area (Å²) in [6, 6.07) is 6.80. The smallest absolute Gasteiger partial charge is 0.325 e. The lowest BCUT2D eigenvalue weighted by atomic mass is 10.2. The number of benzene rings is 1. The molecule has 22 heavy (non-hydrogen) atoms. The third kappa shape index (κ3) is 6.41. The minimum Gasteiger partial charge on any atom is -0.468 e. The third-order valence-electron chi connectivity index (χ3n) is 2.82. The predicted molar refractivity (Wildman–Crippen MR) is 89.1 cm³/mol. The Morgan fingerprint density at radius 1 is 1.14 bits per heavy atom. The Hall–Kier alpha value is -1.66. The highest BCUT2D eigenvalue weighted by molar-refractivity contribution is 6.18. The largest absolute Gasteiger partial charge is 0.468 e. The number of urea groups is 1. The topological polar surface area (TPSA) is 70.7 Å². The van der Waals surface area contributed by atoms with Gasteiger partial charge in [-0.3, -0.25) is 4.79 Å². The van der Waals surface area contributed by atoms with E-state index in [4.69, 9.17) is 23.2 Å². The van der Waals surface area contributed by atoms with Gasteiger partial charge < -0.3 is 20.3 Å². The van der Waals surface area contributed by atoms with Crippen molar-refractivity contribution < 1.29 is 14.3 Å². The summed E-state index contributed by atoms with van der Waals surface area (Å²) in [5.41, 5.74) is 1.59. The highest BCUT2D eigenvalue weighted by atomic mass is 35.5. The molecule has 6 nitrogen and oxygen atoms in total. The molecule has 0 spiro atoms. The van der Waals surface area contributed by atoms with E-state index >= 15 is 0 Å². The Kier molecular flexibility index (Phi) is 8.47. The zero-order valence-corrected chi connectivity index (χ0v) is 13.8. The first kappa shape index (κ1) is 18.4. The summed E-state index contributed by atoms with van der Waals surface area (Å²) in [6.45, 7) is 1.21. The highest BCUT2D eigenvalue weighted by Gasteiger charge is 2.07. The summed E-state index contributed by atoms with van der Waals surface area (Å²) in [4.78, 5) is 24.6. The number of halogens is 2. The predicted octanol–water partition coefficient (Wildman–Crippen LogP) is 2.27. The van der Waals surface area contributed by atoms with Gasteiger partial charge in [-0.25, -0.2) is 4.79 Å². The number of hydrogen-bond acceptors (Lipinski definition) is 4. The number of hydrogen-bond donors (Lipinski definition) is 2. The van der Waals surface area contributed by atoms with Crippen LogP contribution in [0.2, 0.25) is 0 Å². The van der Waals surface area contributed by atoms with Crippen LogP contribution in [-0.2, 0) is 9.53 Å². The summed E-state index contributed by atoms with van der Waals surface area (Å²) in [5.74, 6) is 0.503. The van der Waals surface area contributed by atoms with Gasteiger partial charge in [-0.2, -0.15) is 0 Å². The standard InChI is InChI=1S/C14H19Cl2N3O3/c1-22-13(20)10-17-14(21)18-11-2-4-12(5-3-11)19(8-6-15)9-7-16/h2-5H,6-10H2,1H3,(H2,17,18,21). The summed E-state index contributed by atoms with van der Waals surface area (Å²) in [5, 5.41) is 5.01. The number of anilines is 2. The van der Waals surface area contributed by atoms with E-state index in [1.807, 2.05) is 12.1 Å². The number of nitrogens with zero attached hydrogens (tertiary/aromatic N) is 1. The van der Waals surface area contributed by atoms with Crippen molar-refractivity contribution in [1.29, 1.82) is 0 Å². The molecular weight excluding hydrogens is 329 g/mol. The Bertz CT molecular complexity index is 477. The molecule has 0 aliphatic carbocycles. The molecule has 0 bridgehead atoms. The van der Waals surface area contributed by atoms with E-state index in [0.29, 0.717) is 30.5 Å². The normalized spacial score (nSPS) is 9.95. The van der Waals surface area contributed by atoms with Crippen molar-refractivity contribution in [3.63, 3.8) is 0 Å². The van der Waals surface area contributed by atoms with Crippen LogP contribution in [-0.4, -0.2) is 50.5 Å². The van der Waals surface area contributed by atoms with Gasteiger partial charge in [0.1, 0.15) is 6.54 Å². The number of nitrogens with one attached hydrogen (secondary N) is 2. The van der Waals surface area contributed by atoms with Crippen molar-refractivity contribution in [1.82, 2.24) is 5.32 Å². The van der Waals surface area contributed by atoms with Gasteiger partial charge in [-0.05, 0) is 24.3 Å². The maximum Gasteiger partial charge on any atom is 0.325 e. The minimum absolute atomic E-state index is 0.181. The molecule has 0 saturated carbocycles. The van der Waals surface area contributed by atoms with Crippen LogP contribution in [0.3, 0.4) is 0 Å². The molecule has 0 heterocycles. The van der Waals surface area contributed by atoms with Crippen LogP contribution in [0.4, 0.5) is 16.2 Å². The molecule has 0 radical (unpaired) electrons. The molecule has 8 heteroatoms. The van der Waals surface area contributed by atoms with Gasteiger partial charge in [-0.1, -0.05) is 0 Å². The fourth-order valence-electron chi connectivity index (χ4n) is 1.73. The summed E-state index contributed by atoms with van der Waals surface area (Å²) >= 11 is 11.5. The fourth-order valence-corrected chi connectivity index (χ4v) is 2.14. The van der Waals surface area contributed by atoms with Gasteiger partial charge in [0.05, 0.1) is 7.11 Å². The first-order valence-corrected chi connectivity index (χ1v) is 7.76. The van der Waals surface area contributed by atoms with Crippen LogP contribution in [0.1, 0.15) is 0 Å². The Morgan fingerprint density at radius 3 is 2.23 bits per heavy atom. The summed E-state index contributed by atoms with van der Waals surface area (Å²) in [7, 11) is 1.26. The highest BCUT2D eigenvalue weighted by Crippen LogP contribution is 2.18. The number of methoxy groups -OCH3 is 1. The van der Waals surface area contributed by atoms with Crippen LogP contribution in [0.25, 0.3) is 0 Å². The zero-order valence-electron chi connectivity index (χ0n) is 12.3. The molecule has 0 saturated heterocycles. The van der Waals surface area contributed by atoms with Gasteiger partial charge >= 0.3 is 12.0 Å². The molecule has 1 aromatic carbocycles. The van der Waals surface area contributed by atoms with E-state index < -0.39 is 12.0 Å². The van der Waals surface area contributed by atoms with Crippen LogP contribution in [0, 0.1) is 0 Å². The molecule has 2 amide bonds. The molecule has 2 N–H and O–H groups in total. The molecule has 0 atom stereocenters. The molecule has 0 unspecified atom stereocenters. The van der Waals surface area contributed by atoms with Gasteiger partial charge in [0.25, 0.3) is 0 Å². The Labute approximate surface area is 139 Å². The molecular formula is C14H19Cl2N3O3. The number of rotatable bonds is 8. The lowest BCUT2D eigenvalue weighted by Gasteiger charge is -2.23. The van der Waals surface area contributed by atoms with Crippen LogP contribution in [0.5, 0.6) is 0 Å². The number of ether oxygens (including phenoxy) is 1. The lowest BCUT2D eigenvalue weighted by molar-refractivity contribution is -0.139. The van der Waals surface area contributed by atoms with Crippen molar-refractivity contribution in [3.8, 4) is 0 Å². The van der Waals surface area contributed by atoms with E-state index in [2.05, 4.69) is 20.3 Å². The number of alkyl halides is 2. The average Bonchev–Trinajstić information content (AvgIpc) is 2.53. The van der Waals surface area contributed by atoms with Crippen molar-refractivity contribution in [2.75, 3.05) is 48.7 Å². The minimum atomic E-state index is -0.511. The van der Waals surface area contributed by atoms with Crippen molar-refractivity contribution in [2.45, 2.75) is 0 Å². The van der Waals surface area contributed by atoms with Crippen molar-refractivity contribution in [3.05, 3.63) is 24.3 Å². The number of amides is 2. The molecule has 1 rings (SSSR count). The van der Waals surface area contributed by atoms with E-state index in [1.165, 1.54) is 7.11 Å². The molecule has 0 aliphatic heterocycles. The fraction of sp³-hybridized carbons (Fsp3) is 0.429. The maximum atomic E-state index is 11.6. The van der Waals surface area contributed by atoms with Crippen molar-refractivity contribution in [2.24, 2.45) is 0 Å². The van der Waals surface area contributed by atoms with Gasteiger partial charge in [-0.15, -0.1) is 23.2 Å². The quantitative estimate of drug-likeness (QED) is 0.559. The molecule has 0 aliphatic rings. The Balaban J connectivity index is 2.56. The lowest BCUT2D eigenvalue weighted by Crippen LogP contribution is -2.33. The summed E-state index contributed by atoms with van der Waals surface area (Å²) < 4.78 is 4.43. The van der Waals surface area contributed by atoms with Gasteiger partial charge in [0, 0.05) is 36.2 Å². The third-order valence-corrected chi connectivity index (χ3v) is 3.16. The number of carbonyl (C=O) groups is 2. The van der Waals surface area contributed by atoms with Crippen molar-refractivity contribution >= 4 is 46.6 Å². The van der Waals surface area contributed by atoms with Crippen LogP contribution >= 0.6 is 23.2 Å². The van der Waals surface area contributed by atoms with E-state index in [-0.39, 0.29) is 6.54 Å². The van der Waals surface area contributed by atoms with E-state index in [0.717, 1.165) is 5.69 Å². The monoisotopic (exact) mass is 347 g/mol. The first-order valence-electron chi connectivity index (χ1n) is 6.69. The first-order chi connectivity index (χ1) is 10.6. The second kappa shape index (κ2) is 10.1. The summed E-state index contributed by atoms with van der Waals surface area (Å²) in [6.07, 6.45) is 0. The molecule has 122 valence electrons. The zero-order chi connectivity index (χ0) is 16.4. The van der Waals surface area contributed by atoms with E-state index in [1.54, 1.807) is 12.1 Å². The van der Waals surface area contributed by atoms with Crippen LogP contribution < -0.4 is 15.5 Å². The second-order valence-corrected chi connectivity index (χ2v) is 5.05. The van der Waals surface area contributed by atoms with Crippen LogP contribution in [0.15, 0.2) is 24.3 Å². The average molecular weight is 348 g/mol. The molecule has 0 aromatic heterocycles. The Morgan fingerprint density at radius 2 is 1.73 bits per heavy atom. The van der Waals surface area contributed by atoms with Gasteiger partial charge in [0.15, 0.2) is 0 Å². The SMILES string of the molecule is COC(=O)CNC(=O)Nc1ccc(N(CCCl)CCCl)cc1.